The molecule has 1 N–H and O–H groups in total. The number of hydrogen-bond acceptors (Lipinski definition) is 7. The fraction of sp³-hybridized carbons (Fsp3) is 0.526. The molecular weight excluding hydrogens is 328 g/mol. The third kappa shape index (κ3) is 4.28. The molecule has 1 aliphatic heterocycles. The average Bonchev–Trinajstić information content (AvgIpc) is 2.66. The van der Waals surface area contributed by atoms with E-state index in [1.54, 1.807) is 0 Å². The lowest BCUT2D eigenvalue weighted by Gasteiger charge is -2.35. The van der Waals surface area contributed by atoms with Crippen molar-refractivity contribution in [3.05, 3.63) is 41.3 Å². The van der Waals surface area contributed by atoms with Gasteiger partial charge in [0.25, 0.3) is 0 Å². The van der Waals surface area contributed by atoms with Crippen LogP contribution in [0.15, 0.2) is 24.5 Å². The van der Waals surface area contributed by atoms with Gasteiger partial charge in [-0.1, -0.05) is 6.07 Å². The molecule has 0 amide bonds. The van der Waals surface area contributed by atoms with Gasteiger partial charge in [0.1, 0.15) is 5.82 Å². The number of aryl methyl sites for hydroxylation is 1. The maximum atomic E-state index is 5.52. The Morgan fingerprint density at radius 3 is 2.65 bits per heavy atom. The van der Waals surface area contributed by atoms with E-state index in [9.17, 15) is 0 Å². The molecule has 0 aliphatic carbocycles. The minimum atomic E-state index is 0.227. The molecule has 1 saturated heterocycles. The van der Waals surface area contributed by atoms with Crippen LogP contribution in [0.3, 0.4) is 0 Å². The highest BCUT2D eigenvalue weighted by molar-refractivity contribution is 5.50. The van der Waals surface area contributed by atoms with Gasteiger partial charge in [-0.25, -0.2) is 4.98 Å². The molecule has 1 atom stereocenters. The second-order valence-corrected chi connectivity index (χ2v) is 6.81. The molecule has 2 aromatic rings. The van der Waals surface area contributed by atoms with Crippen molar-refractivity contribution in [3.8, 4) is 0 Å². The number of nitrogens with zero attached hydrogens (tertiary/aromatic N) is 5. The smallest absolute Gasteiger partial charge is 0.227 e. The Morgan fingerprint density at radius 1 is 1.23 bits per heavy atom. The summed E-state index contributed by atoms with van der Waals surface area (Å²) in [6.45, 7) is 8.23. The lowest BCUT2D eigenvalue weighted by molar-refractivity contribution is 0.0186. The molecule has 3 heterocycles. The van der Waals surface area contributed by atoms with E-state index in [4.69, 9.17) is 4.74 Å². The van der Waals surface area contributed by atoms with Crippen LogP contribution in [0.4, 0.5) is 11.8 Å². The van der Waals surface area contributed by atoms with Crippen LogP contribution in [0.2, 0.25) is 0 Å². The molecule has 0 aromatic carbocycles. The molecular formula is C19H28N6O. The van der Waals surface area contributed by atoms with Gasteiger partial charge in [0.2, 0.25) is 5.95 Å². The predicted molar refractivity (Wildman–Crippen MR) is 104 cm³/mol. The molecule has 7 heteroatoms. The molecule has 0 bridgehead atoms. The van der Waals surface area contributed by atoms with Crippen molar-refractivity contribution < 1.29 is 4.74 Å². The average molecular weight is 356 g/mol. The van der Waals surface area contributed by atoms with Crippen LogP contribution >= 0.6 is 0 Å². The number of nitrogens with one attached hydrogen (secondary N) is 1. The zero-order valence-electron chi connectivity index (χ0n) is 16.1. The molecule has 7 nitrogen and oxygen atoms in total. The van der Waals surface area contributed by atoms with Gasteiger partial charge >= 0.3 is 0 Å². The van der Waals surface area contributed by atoms with Crippen LogP contribution in [-0.4, -0.2) is 66.8 Å². The van der Waals surface area contributed by atoms with Gasteiger partial charge in [-0.15, -0.1) is 0 Å². The number of anilines is 2. The lowest BCUT2D eigenvalue weighted by Crippen LogP contribution is -2.41. The summed E-state index contributed by atoms with van der Waals surface area (Å²) >= 11 is 0. The number of rotatable bonds is 6. The van der Waals surface area contributed by atoms with Gasteiger partial charge in [0, 0.05) is 57.4 Å². The normalized spacial score (nSPS) is 16.3. The van der Waals surface area contributed by atoms with Crippen molar-refractivity contribution in [2.45, 2.75) is 19.9 Å². The van der Waals surface area contributed by atoms with E-state index in [0.29, 0.717) is 0 Å². The monoisotopic (exact) mass is 356 g/mol. The fourth-order valence-electron chi connectivity index (χ4n) is 3.10. The van der Waals surface area contributed by atoms with Gasteiger partial charge in [0.05, 0.1) is 19.3 Å². The molecule has 2 aromatic heterocycles. The molecule has 1 fully saturated rings. The van der Waals surface area contributed by atoms with E-state index < -0.39 is 0 Å². The van der Waals surface area contributed by atoms with Crippen molar-refractivity contribution in [3.63, 3.8) is 0 Å². The Labute approximate surface area is 155 Å². The molecule has 0 saturated carbocycles. The molecule has 3 rings (SSSR count). The number of hydrogen-bond donors (Lipinski definition) is 1. The summed E-state index contributed by atoms with van der Waals surface area (Å²) in [7, 11) is 3.92. The number of pyridine rings is 1. The van der Waals surface area contributed by atoms with Crippen molar-refractivity contribution in [2.75, 3.05) is 57.2 Å². The number of morpholine rings is 1. The molecule has 0 radical (unpaired) electrons. The minimum Gasteiger partial charge on any atom is -0.379 e. The second-order valence-electron chi connectivity index (χ2n) is 6.81. The van der Waals surface area contributed by atoms with Crippen molar-refractivity contribution in [2.24, 2.45) is 0 Å². The Hall–Kier alpha value is -2.25. The fourth-order valence-corrected chi connectivity index (χ4v) is 3.10. The second kappa shape index (κ2) is 8.42. The zero-order chi connectivity index (χ0) is 18.5. The highest BCUT2D eigenvalue weighted by Gasteiger charge is 2.23. The van der Waals surface area contributed by atoms with E-state index in [1.165, 1.54) is 5.56 Å². The van der Waals surface area contributed by atoms with Crippen molar-refractivity contribution >= 4 is 11.8 Å². The van der Waals surface area contributed by atoms with Gasteiger partial charge < -0.3 is 15.0 Å². The Kier molecular flexibility index (Phi) is 6.00. The Bertz CT molecular complexity index is 715. The van der Waals surface area contributed by atoms with Gasteiger partial charge in [-0.2, -0.15) is 4.98 Å². The summed E-state index contributed by atoms with van der Waals surface area (Å²) < 4.78 is 5.52. The van der Waals surface area contributed by atoms with Crippen molar-refractivity contribution in [1.82, 2.24) is 19.9 Å². The third-order valence-electron chi connectivity index (χ3n) is 4.80. The minimum absolute atomic E-state index is 0.227. The van der Waals surface area contributed by atoms with Gasteiger partial charge in [-0.05, 0) is 25.5 Å². The third-order valence-corrected chi connectivity index (χ3v) is 4.80. The summed E-state index contributed by atoms with van der Waals surface area (Å²) in [6, 6.07) is 4.36. The summed E-state index contributed by atoms with van der Waals surface area (Å²) in [5.41, 5.74) is 3.29. The van der Waals surface area contributed by atoms with E-state index in [2.05, 4.69) is 38.2 Å². The van der Waals surface area contributed by atoms with Crippen molar-refractivity contribution in [1.29, 1.82) is 0 Å². The quantitative estimate of drug-likeness (QED) is 0.849. The largest absolute Gasteiger partial charge is 0.379 e. The van der Waals surface area contributed by atoms with Crippen LogP contribution in [-0.2, 0) is 4.74 Å². The summed E-state index contributed by atoms with van der Waals surface area (Å²) in [4.78, 5) is 17.9. The topological polar surface area (TPSA) is 66.4 Å². The standard InChI is InChI=1S/C19H28N6O/c1-14-15(2)22-19(24(3)4)23-18(14)21-13-17(16-6-5-7-20-12-16)25-8-10-26-11-9-25/h5-7,12,17H,8-11,13H2,1-4H3,(H,21,22,23). The summed E-state index contributed by atoms with van der Waals surface area (Å²) in [5.74, 6) is 1.61. The van der Waals surface area contributed by atoms with Crippen LogP contribution in [0.25, 0.3) is 0 Å². The van der Waals surface area contributed by atoms with Crippen LogP contribution < -0.4 is 10.2 Å². The molecule has 140 valence electrons. The molecule has 1 aliphatic rings. The van der Waals surface area contributed by atoms with Gasteiger partial charge in [0.15, 0.2) is 0 Å². The lowest BCUT2D eigenvalue weighted by atomic mass is 10.1. The first kappa shape index (κ1) is 18.5. The van der Waals surface area contributed by atoms with Crippen LogP contribution in [0.5, 0.6) is 0 Å². The summed E-state index contributed by atoms with van der Waals surface area (Å²) in [5, 5.41) is 3.56. The van der Waals surface area contributed by atoms with E-state index in [0.717, 1.165) is 55.9 Å². The SMILES string of the molecule is Cc1nc(N(C)C)nc(NCC(c2cccnc2)N2CCOCC2)c1C. The first-order valence-electron chi connectivity index (χ1n) is 9.04. The van der Waals surface area contributed by atoms with E-state index in [1.807, 2.05) is 44.4 Å². The molecule has 1 unspecified atom stereocenters. The van der Waals surface area contributed by atoms with Crippen LogP contribution in [0, 0.1) is 13.8 Å². The number of ether oxygens (including phenoxy) is 1. The predicted octanol–water partition coefficient (Wildman–Crippen LogP) is 2.04. The first-order valence-corrected chi connectivity index (χ1v) is 9.04. The van der Waals surface area contributed by atoms with E-state index in [-0.39, 0.29) is 6.04 Å². The highest BCUT2D eigenvalue weighted by Crippen LogP contribution is 2.24. The Balaban J connectivity index is 1.82. The zero-order valence-corrected chi connectivity index (χ0v) is 16.1. The Morgan fingerprint density at radius 2 is 2.00 bits per heavy atom. The van der Waals surface area contributed by atoms with Gasteiger partial charge in [-0.3, -0.25) is 9.88 Å². The van der Waals surface area contributed by atoms with Crippen LogP contribution in [0.1, 0.15) is 22.9 Å². The maximum Gasteiger partial charge on any atom is 0.227 e. The molecule has 26 heavy (non-hydrogen) atoms. The first-order chi connectivity index (χ1) is 12.6. The maximum absolute atomic E-state index is 5.52. The molecule has 0 spiro atoms. The number of aromatic nitrogens is 3. The van der Waals surface area contributed by atoms with E-state index >= 15 is 0 Å². The highest BCUT2D eigenvalue weighted by atomic mass is 16.5. The summed E-state index contributed by atoms with van der Waals surface area (Å²) in [6.07, 6.45) is 3.76.